The van der Waals surface area contributed by atoms with Crippen molar-refractivity contribution in [3.8, 4) is 0 Å². The average molecular weight is 264 g/mol. The summed E-state index contributed by atoms with van der Waals surface area (Å²) in [7, 11) is 0. The number of carbonyl (C=O) groups is 1. The number of anilines is 1. The normalized spacial score (nSPS) is 13.4. The number of aryl methyl sites for hydroxylation is 1. The summed E-state index contributed by atoms with van der Waals surface area (Å²) >= 11 is 0. The fourth-order valence-corrected chi connectivity index (χ4v) is 2.78. The lowest BCUT2D eigenvalue weighted by Gasteiger charge is -2.15. The van der Waals surface area contributed by atoms with Gasteiger partial charge in [0.25, 0.3) is 5.91 Å². The molecule has 3 aromatic rings. The molecule has 2 aromatic carbocycles. The first-order valence-corrected chi connectivity index (χ1v) is 6.50. The molecule has 0 spiro atoms. The molecule has 2 heterocycles. The van der Waals surface area contributed by atoms with Gasteiger partial charge in [0.1, 0.15) is 0 Å². The fourth-order valence-electron chi connectivity index (χ4n) is 2.78. The van der Waals surface area contributed by atoms with E-state index in [0.29, 0.717) is 12.3 Å². The Labute approximate surface area is 115 Å². The monoisotopic (exact) mass is 264 g/mol. The number of benzene rings is 2. The van der Waals surface area contributed by atoms with E-state index in [0.717, 1.165) is 27.7 Å². The van der Waals surface area contributed by atoms with Gasteiger partial charge in [0.05, 0.1) is 17.9 Å². The van der Waals surface area contributed by atoms with Gasteiger partial charge < -0.3 is 4.52 Å². The average Bonchev–Trinajstić information content (AvgIpc) is 2.98. The summed E-state index contributed by atoms with van der Waals surface area (Å²) in [6, 6.07) is 13.6. The minimum absolute atomic E-state index is 0.0193. The smallest absolute Gasteiger partial charge is 0.259 e. The van der Waals surface area contributed by atoms with Crippen LogP contribution in [0, 0.1) is 6.92 Å². The number of amides is 1. The lowest BCUT2D eigenvalue weighted by atomic mass is 10.1. The maximum absolute atomic E-state index is 12.6. The van der Waals surface area contributed by atoms with E-state index in [9.17, 15) is 4.79 Å². The summed E-state index contributed by atoms with van der Waals surface area (Å²) in [6.45, 7) is 2.28. The van der Waals surface area contributed by atoms with Crippen molar-refractivity contribution in [3.63, 3.8) is 0 Å². The Morgan fingerprint density at radius 1 is 1.20 bits per heavy atom. The number of carbonyl (C=O) groups excluding carboxylic acids is 1. The summed E-state index contributed by atoms with van der Waals surface area (Å²) in [5, 5.41) is 5.98. The van der Waals surface area contributed by atoms with Gasteiger partial charge in [0.2, 0.25) is 0 Å². The Kier molecular flexibility index (Phi) is 2.21. The molecular weight excluding hydrogens is 252 g/mol. The Balaban J connectivity index is 1.84. The molecule has 1 aliphatic rings. The summed E-state index contributed by atoms with van der Waals surface area (Å²) in [5.74, 6) is 0.714. The van der Waals surface area contributed by atoms with Crippen molar-refractivity contribution in [3.05, 3.63) is 59.5 Å². The van der Waals surface area contributed by atoms with Gasteiger partial charge >= 0.3 is 0 Å². The highest BCUT2D eigenvalue weighted by molar-refractivity contribution is 6.24. The van der Waals surface area contributed by atoms with Crippen molar-refractivity contribution in [1.29, 1.82) is 0 Å². The predicted octanol–water partition coefficient (Wildman–Crippen LogP) is 3.30. The predicted molar refractivity (Wildman–Crippen MR) is 75.7 cm³/mol. The van der Waals surface area contributed by atoms with E-state index in [2.05, 4.69) is 5.16 Å². The summed E-state index contributed by atoms with van der Waals surface area (Å²) in [4.78, 5) is 14.3. The summed E-state index contributed by atoms with van der Waals surface area (Å²) in [6.07, 6.45) is 0. The van der Waals surface area contributed by atoms with E-state index in [1.807, 2.05) is 49.4 Å². The van der Waals surface area contributed by atoms with Crippen LogP contribution in [0.15, 0.2) is 47.0 Å². The van der Waals surface area contributed by atoms with Crippen molar-refractivity contribution >= 4 is 22.4 Å². The maximum Gasteiger partial charge on any atom is 0.259 e. The highest BCUT2D eigenvalue weighted by atomic mass is 16.5. The minimum Gasteiger partial charge on any atom is -0.359 e. The van der Waals surface area contributed by atoms with Gasteiger partial charge in [-0.15, -0.1) is 0 Å². The molecule has 4 nitrogen and oxygen atoms in total. The molecule has 0 unspecified atom stereocenters. The van der Waals surface area contributed by atoms with Gasteiger partial charge in [-0.3, -0.25) is 9.69 Å². The molecule has 1 aliphatic heterocycles. The van der Waals surface area contributed by atoms with Crippen LogP contribution in [0.4, 0.5) is 5.69 Å². The van der Waals surface area contributed by atoms with Crippen molar-refractivity contribution in [1.82, 2.24) is 5.16 Å². The molecule has 0 bridgehead atoms. The van der Waals surface area contributed by atoms with Crippen LogP contribution < -0.4 is 4.90 Å². The number of nitrogens with zero attached hydrogens (tertiary/aromatic N) is 2. The van der Waals surface area contributed by atoms with Crippen LogP contribution in [0.3, 0.4) is 0 Å². The lowest BCUT2D eigenvalue weighted by molar-refractivity contribution is 0.0989. The maximum atomic E-state index is 12.6. The molecular formula is C16H12N2O2. The number of hydrogen-bond donors (Lipinski definition) is 0. The Morgan fingerprint density at radius 2 is 2.00 bits per heavy atom. The number of aromatic nitrogens is 1. The zero-order valence-electron chi connectivity index (χ0n) is 11.0. The second-order valence-electron chi connectivity index (χ2n) is 5.01. The van der Waals surface area contributed by atoms with Crippen molar-refractivity contribution in [2.45, 2.75) is 13.5 Å². The largest absolute Gasteiger partial charge is 0.359 e. The zero-order valence-corrected chi connectivity index (χ0v) is 11.0. The summed E-state index contributed by atoms with van der Waals surface area (Å²) in [5.41, 5.74) is 2.52. The first-order valence-electron chi connectivity index (χ1n) is 6.50. The van der Waals surface area contributed by atoms with Crippen LogP contribution in [-0.4, -0.2) is 11.1 Å². The van der Waals surface area contributed by atoms with Gasteiger partial charge in [-0.1, -0.05) is 29.4 Å². The highest BCUT2D eigenvalue weighted by Gasteiger charge is 2.30. The van der Waals surface area contributed by atoms with Crippen LogP contribution in [0.25, 0.3) is 10.8 Å². The molecule has 0 fully saturated rings. The van der Waals surface area contributed by atoms with Crippen molar-refractivity contribution < 1.29 is 9.32 Å². The minimum atomic E-state index is 0.0193. The number of hydrogen-bond acceptors (Lipinski definition) is 3. The SMILES string of the molecule is Cc1cc(CN2C(=O)c3cccc4cccc2c34)on1. The van der Waals surface area contributed by atoms with E-state index in [1.54, 1.807) is 4.90 Å². The van der Waals surface area contributed by atoms with Gasteiger partial charge in [-0.05, 0) is 24.4 Å². The molecule has 0 radical (unpaired) electrons. The molecule has 0 N–H and O–H groups in total. The van der Waals surface area contributed by atoms with Gasteiger partial charge in [0.15, 0.2) is 5.76 Å². The third-order valence-electron chi connectivity index (χ3n) is 3.64. The molecule has 1 aromatic heterocycles. The Hall–Kier alpha value is -2.62. The van der Waals surface area contributed by atoms with Crippen LogP contribution >= 0.6 is 0 Å². The standard InChI is InChI=1S/C16H12N2O2/c1-10-8-12(20-17-10)9-18-14-7-3-5-11-4-2-6-13(15(11)14)16(18)19/h2-8H,9H2,1H3. The number of rotatable bonds is 2. The van der Waals surface area contributed by atoms with E-state index < -0.39 is 0 Å². The molecule has 4 rings (SSSR count). The molecule has 20 heavy (non-hydrogen) atoms. The van der Waals surface area contributed by atoms with E-state index in [-0.39, 0.29) is 5.91 Å². The van der Waals surface area contributed by atoms with Gasteiger partial charge in [0, 0.05) is 17.0 Å². The first kappa shape index (κ1) is 11.2. The molecule has 1 amide bonds. The molecule has 0 saturated heterocycles. The van der Waals surface area contributed by atoms with Gasteiger partial charge in [-0.25, -0.2) is 0 Å². The Morgan fingerprint density at radius 3 is 2.75 bits per heavy atom. The summed E-state index contributed by atoms with van der Waals surface area (Å²) < 4.78 is 5.23. The lowest BCUT2D eigenvalue weighted by Crippen LogP contribution is -2.25. The third kappa shape index (κ3) is 1.48. The Bertz CT molecular complexity index is 830. The van der Waals surface area contributed by atoms with Crippen LogP contribution in [0.2, 0.25) is 0 Å². The van der Waals surface area contributed by atoms with Crippen molar-refractivity contribution in [2.24, 2.45) is 0 Å². The molecule has 0 aliphatic carbocycles. The molecule has 0 saturated carbocycles. The zero-order chi connectivity index (χ0) is 13.7. The van der Waals surface area contributed by atoms with Crippen LogP contribution in [-0.2, 0) is 6.54 Å². The van der Waals surface area contributed by atoms with Crippen LogP contribution in [0.1, 0.15) is 21.8 Å². The molecule has 0 atom stereocenters. The van der Waals surface area contributed by atoms with E-state index in [1.165, 1.54) is 0 Å². The topological polar surface area (TPSA) is 46.3 Å². The third-order valence-corrected chi connectivity index (χ3v) is 3.64. The van der Waals surface area contributed by atoms with E-state index in [4.69, 9.17) is 4.52 Å². The quantitative estimate of drug-likeness (QED) is 0.713. The highest BCUT2D eigenvalue weighted by Crippen LogP contribution is 2.37. The molecule has 98 valence electrons. The molecule has 4 heteroatoms. The van der Waals surface area contributed by atoms with Crippen molar-refractivity contribution in [2.75, 3.05) is 4.90 Å². The second kappa shape index (κ2) is 3.93. The van der Waals surface area contributed by atoms with Crippen LogP contribution in [0.5, 0.6) is 0 Å². The fraction of sp³-hybridized carbons (Fsp3) is 0.125. The van der Waals surface area contributed by atoms with E-state index >= 15 is 0 Å². The second-order valence-corrected chi connectivity index (χ2v) is 5.01. The van der Waals surface area contributed by atoms with Gasteiger partial charge in [-0.2, -0.15) is 0 Å². The first-order chi connectivity index (χ1) is 9.74.